The molecule has 4 nitrogen and oxygen atoms in total. The Kier molecular flexibility index (Phi) is 7.37. The lowest BCUT2D eigenvalue weighted by atomic mass is 9.99. The standard InChI is InChI=1S/C53H32N4S/c1-3-13-33(14-4-1)36-20-11-21-40(29-36)52-54-51(35-16-5-2-6-17-35)55-53(56-52)57-46-31-38-19-8-7-18-37(38)30-45(46)43-24-12-23-42(50(43)57)39-25-27-44-48(32-39)58-47-28-26-34-15-9-10-22-41(34)49(44)47/h1-32H. The van der Waals surface area contributed by atoms with Gasteiger partial charge in [0.2, 0.25) is 5.95 Å². The Morgan fingerprint density at radius 2 is 1.02 bits per heavy atom. The van der Waals surface area contributed by atoms with E-state index in [9.17, 15) is 0 Å². The molecule has 0 radical (unpaired) electrons. The van der Waals surface area contributed by atoms with E-state index in [-0.39, 0.29) is 0 Å². The minimum absolute atomic E-state index is 0.575. The van der Waals surface area contributed by atoms with Gasteiger partial charge in [-0.3, -0.25) is 4.57 Å². The molecule has 0 aliphatic heterocycles. The third-order valence-electron chi connectivity index (χ3n) is 11.4. The van der Waals surface area contributed by atoms with Gasteiger partial charge in [-0.15, -0.1) is 11.3 Å². The van der Waals surface area contributed by atoms with Crippen molar-refractivity contribution >= 4 is 74.9 Å². The van der Waals surface area contributed by atoms with Crippen LogP contribution in [0.4, 0.5) is 0 Å². The summed E-state index contributed by atoms with van der Waals surface area (Å²) < 4.78 is 4.84. The molecule has 0 fully saturated rings. The van der Waals surface area contributed by atoms with E-state index in [4.69, 9.17) is 15.0 Å². The molecule has 0 spiro atoms. The van der Waals surface area contributed by atoms with E-state index in [1.807, 2.05) is 35.6 Å². The minimum Gasteiger partial charge on any atom is -0.277 e. The van der Waals surface area contributed by atoms with Crippen LogP contribution >= 0.6 is 11.3 Å². The molecule has 3 heterocycles. The van der Waals surface area contributed by atoms with E-state index in [2.05, 4.69) is 174 Å². The fourth-order valence-corrected chi connectivity index (χ4v) is 9.85. The first-order chi connectivity index (χ1) is 28.7. The number of rotatable bonds is 5. The zero-order valence-electron chi connectivity index (χ0n) is 31.2. The molecule has 0 amide bonds. The van der Waals surface area contributed by atoms with Crippen LogP contribution in [-0.2, 0) is 0 Å². The number of benzene rings is 9. The van der Waals surface area contributed by atoms with Crippen molar-refractivity contribution in [3.8, 4) is 51.0 Å². The van der Waals surface area contributed by atoms with Gasteiger partial charge in [-0.25, -0.2) is 4.98 Å². The van der Waals surface area contributed by atoms with Crippen molar-refractivity contribution in [2.75, 3.05) is 0 Å². The maximum absolute atomic E-state index is 5.37. The van der Waals surface area contributed by atoms with E-state index in [1.165, 1.54) is 36.3 Å². The highest BCUT2D eigenvalue weighted by Crippen LogP contribution is 2.43. The number of hydrogen-bond donors (Lipinski definition) is 0. The summed E-state index contributed by atoms with van der Waals surface area (Å²) in [6.45, 7) is 0. The summed E-state index contributed by atoms with van der Waals surface area (Å²) in [7, 11) is 0. The molecule has 58 heavy (non-hydrogen) atoms. The zero-order chi connectivity index (χ0) is 38.2. The highest BCUT2D eigenvalue weighted by molar-refractivity contribution is 7.26. The summed E-state index contributed by atoms with van der Waals surface area (Å²) in [4.78, 5) is 15.8. The summed E-state index contributed by atoms with van der Waals surface area (Å²) in [5, 5.41) is 9.82. The van der Waals surface area contributed by atoms with Crippen LogP contribution < -0.4 is 0 Å². The molecule has 0 N–H and O–H groups in total. The van der Waals surface area contributed by atoms with Gasteiger partial charge in [-0.1, -0.05) is 164 Å². The molecule has 0 unspecified atom stereocenters. The second kappa shape index (κ2) is 13.1. The van der Waals surface area contributed by atoms with E-state index >= 15 is 0 Å². The van der Waals surface area contributed by atoms with Crippen LogP contribution in [0.5, 0.6) is 0 Å². The monoisotopic (exact) mass is 756 g/mol. The second-order valence-corrected chi connectivity index (χ2v) is 15.9. The van der Waals surface area contributed by atoms with Crippen LogP contribution in [0.2, 0.25) is 0 Å². The SMILES string of the molecule is c1ccc(-c2cccc(-c3nc(-c4ccccc4)nc(-n4c5cc6ccccc6cc5c5cccc(-c6ccc7c(c6)sc6ccc8ccccc8c67)c54)n3)c2)cc1. The first-order valence-electron chi connectivity index (χ1n) is 19.5. The molecule has 0 atom stereocenters. The van der Waals surface area contributed by atoms with Crippen LogP contribution in [0.15, 0.2) is 194 Å². The van der Waals surface area contributed by atoms with Crippen LogP contribution in [0.25, 0.3) is 115 Å². The molecular formula is C53H32N4S. The third-order valence-corrected chi connectivity index (χ3v) is 12.5. The number of aromatic nitrogens is 4. The number of hydrogen-bond acceptors (Lipinski definition) is 4. The van der Waals surface area contributed by atoms with Gasteiger partial charge in [-0.05, 0) is 68.6 Å². The highest BCUT2D eigenvalue weighted by Gasteiger charge is 2.22. The van der Waals surface area contributed by atoms with Gasteiger partial charge < -0.3 is 0 Å². The molecule has 0 bridgehead atoms. The van der Waals surface area contributed by atoms with Crippen LogP contribution in [-0.4, -0.2) is 19.5 Å². The first kappa shape index (κ1) is 32.7. The van der Waals surface area contributed by atoms with E-state index in [0.29, 0.717) is 17.6 Å². The van der Waals surface area contributed by atoms with Crippen molar-refractivity contribution in [1.29, 1.82) is 0 Å². The lowest BCUT2D eigenvalue weighted by Gasteiger charge is -2.13. The Morgan fingerprint density at radius 1 is 0.362 bits per heavy atom. The molecule has 3 aromatic heterocycles. The molecule has 0 aliphatic carbocycles. The number of thiophene rings is 1. The predicted octanol–water partition coefficient (Wildman–Crippen LogP) is 14.3. The van der Waals surface area contributed by atoms with Gasteiger partial charge in [0.05, 0.1) is 11.0 Å². The van der Waals surface area contributed by atoms with Crippen molar-refractivity contribution < 1.29 is 0 Å². The Balaban J connectivity index is 1.15. The molecule has 9 aromatic carbocycles. The Hall–Kier alpha value is -7.47. The van der Waals surface area contributed by atoms with Gasteiger partial charge >= 0.3 is 0 Å². The highest BCUT2D eigenvalue weighted by atomic mass is 32.1. The molecule has 0 saturated heterocycles. The van der Waals surface area contributed by atoms with E-state index in [1.54, 1.807) is 0 Å². The Morgan fingerprint density at radius 3 is 1.84 bits per heavy atom. The third kappa shape index (κ3) is 5.25. The van der Waals surface area contributed by atoms with Crippen molar-refractivity contribution in [3.05, 3.63) is 194 Å². The second-order valence-electron chi connectivity index (χ2n) is 14.8. The zero-order valence-corrected chi connectivity index (χ0v) is 32.0. The van der Waals surface area contributed by atoms with Crippen LogP contribution in [0.3, 0.4) is 0 Å². The van der Waals surface area contributed by atoms with Crippen molar-refractivity contribution in [1.82, 2.24) is 19.5 Å². The maximum Gasteiger partial charge on any atom is 0.238 e. The summed E-state index contributed by atoms with van der Waals surface area (Å²) in [5.74, 6) is 1.82. The fourth-order valence-electron chi connectivity index (χ4n) is 8.68. The molecule has 5 heteroatoms. The summed E-state index contributed by atoms with van der Waals surface area (Å²) >= 11 is 1.86. The van der Waals surface area contributed by atoms with Crippen molar-refractivity contribution in [2.45, 2.75) is 0 Å². The molecule has 0 aliphatic rings. The Bertz CT molecular complexity index is 3570. The largest absolute Gasteiger partial charge is 0.277 e. The molecular weight excluding hydrogens is 725 g/mol. The molecule has 0 saturated carbocycles. The molecule has 270 valence electrons. The first-order valence-corrected chi connectivity index (χ1v) is 20.3. The van der Waals surface area contributed by atoms with Gasteiger partial charge in [0, 0.05) is 47.6 Å². The lowest BCUT2D eigenvalue weighted by Crippen LogP contribution is -2.07. The lowest BCUT2D eigenvalue weighted by molar-refractivity contribution is 0.954. The number of fused-ring (bicyclic) bond motifs is 9. The topological polar surface area (TPSA) is 43.6 Å². The average Bonchev–Trinajstić information content (AvgIpc) is 3.84. The smallest absolute Gasteiger partial charge is 0.238 e. The Labute approximate surface area is 338 Å². The quantitative estimate of drug-likeness (QED) is 0.176. The molecule has 12 aromatic rings. The van der Waals surface area contributed by atoms with E-state index in [0.717, 1.165) is 60.6 Å². The van der Waals surface area contributed by atoms with Crippen LogP contribution in [0.1, 0.15) is 0 Å². The average molecular weight is 757 g/mol. The minimum atomic E-state index is 0.575. The number of nitrogens with zero attached hydrogens (tertiary/aromatic N) is 4. The van der Waals surface area contributed by atoms with Gasteiger partial charge in [0.25, 0.3) is 0 Å². The van der Waals surface area contributed by atoms with E-state index < -0.39 is 0 Å². The van der Waals surface area contributed by atoms with Gasteiger partial charge in [0.15, 0.2) is 11.6 Å². The maximum atomic E-state index is 5.37. The van der Waals surface area contributed by atoms with Crippen molar-refractivity contribution in [3.63, 3.8) is 0 Å². The van der Waals surface area contributed by atoms with Crippen LogP contribution in [0, 0.1) is 0 Å². The molecule has 12 rings (SSSR count). The summed E-state index contributed by atoms with van der Waals surface area (Å²) in [6, 6.07) is 69.2. The summed E-state index contributed by atoms with van der Waals surface area (Å²) in [6.07, 6.45) is 0. The van der Waals surface area contributed by atoms with Gasteiger partial charge in [0.1, 0.15) is 0 Å². The van der Waals surface area contributed by atoms with Gasteiger partial charge in [-0.2, -0.15) is 9.97 Å². The fraction of sp³-hybridized carbons (Fsp3) is 0. The van der Waals surface area contributed by atoms with Crippen molar-refractivity contribution in [2.24, 2.45) is 0 Å². The predicted molar refractivity (Wildman–Crippen MR) is 244 cm³/mol. The normalized spacial score (nSPS) is 11.8. The summed E-state index contributed by atoms with van der Waals surface area (Å²) in [5.41, 5.74) is 8.49. The number of para-hydroxylation sites is 1.